The summed E-state index contributed by atoms with van der Waals surface area (Å²) in [6.45, 7) is 0. The molecule has 0 aromatic heterocycles. The van der Waals surface area contributed by atoms with E-state index < -0.39 is 15.6 Å². The van der Waals surface area contributed by atoms with Crippen molar-refractivity contribution in [3.05, 3.63) is 0 Å². The van der Waals surface area contributed by atoms with Crippen LogP contribution in [-0.2, 0) is 60.3 Å². The minimum atomic E-state index is -5.39. The Hall–Kier alpha value is 1.78. The Morgan fingerprint density at radius 1 is 0.538 bits per heavy atom. The Labute approximate surface area is 105 Å². The van der Waals surface area contributed by atoms with Crippen LogP contribution in [0, 0.1) is 0 Å². The minimum absolute atomic E-state index is 0. The molecule has 0 unspecified atom stereocenters. The van der Waals surface area contributed by atoms with E-state index in [-0.39, 0.29) is 51.2 Å². The molecular formula is Cu3O8P2-6. The molecule has 97 valence electrons. The maximum Gasteiger partial charge on any atom is 0 e. The van der Waals surface area contributed by atoms with Crippen molar-refractivity contribution in [3.63, 3.8) is 0 Å². The molecule has 3 radical (unpaired) electrons. The predicted octanol–water partition coefficient (Wildman–Crippen LogP) is -5.66. The zero-order chi connectivity index (χ0) is 9.00. The molecule has 0 N–H and O–H groups in total. The van der Waals surface area contributed by atoms with E-state index in [1.807, 2.05) is 0 Å². The van der Waals surface area contributed by atoms with E-state index in [4.69, 9.17) is 38.5 Å². The minimum Gasteiger partial charge on any atom is -0.822 e. The van der Waals surface area contributed by atoms with Crippen molar-refractivity contribution in [2.24, 2.45) is 0 Å². The third-order valence-corrected chi connectivity index (χ3v) is 0. The average Bonchev–Trinajstić information content (AvgIpc) is 1.12. The molecule has 0 aliphatic carbocycles. The second kappa shape index (κ2) is 11.9. The summed E-state index contributed by atoms with van der Waals surface area (Å²) in [5, 5.41) is 0. The van der Waals surface area contributed by atoms with Crippen LogP contribution >= 0.6 is 15.6 Å². The summed E-state index contributed by atoms with van der Waals surface area (Å²) in [6, 6.07) is 0. The Morgan fingerprint density at radius 2 is 0.538 bits per heavy atom. The third-order valence-electron chi connectivity index (χ3n) is 0. The average molecular weight is 381 g/mol. The van der Waals surface area contributed by atoms with Crippen LogP contribution in [-0.4, -0.2) is 0 Å². The normalized spacial score (nSPS) is 9.08. The second-order valence-electron chi connectivity index (χ2n) is 0.894. The molecule has 0 saturated carbocycles. The van der Waals surface area contributed by atoms with Gasteiger partial charge < -0.3 is 38.5 Å². The monoisotopic (exact) mass is 379 g/mol. The second-order valence-corrected chi connectivity index (χ2v) is 2.68. The summed E-state index contributed by atoms with van der Waals surface area (Å²) in [6.07, 6.45) is 0. The van der Waals surface area contributed by atoms with Gasteiger partial charge in [-0.15, -0.1) is 0 Å². The van der Waals surface area contributed by atoms with Crippen LogP contribution in [0.25, 0.3) is 0 Å². The van der Waals surface area contributed by atoms with Crippen molar-refractivity contribution in [1.29, 1.82) is 0 Å². The summed E-state index contributed by atoms with van der Waals surface area (Å²) in [5.41, 5.74) is 0. The standard InChI is InChI=1S/3Cu.2H3O4P/c;;;2*1-5(2,3)4/h;;;2*(H3,1,2,3,4)/p-6. The van der Waals surface area contributed by atoms with Crippen LogP contribution < -0.4 is 29.4 Å². The topological polar surface area (TPSA) is 172 Å². The SMILES string of the molecule is O=P([O-])([O-])[O-].O=P([O-])([O-])[O-].[Cu].[Cu].[Cu]. The molecule has 0 aliphatic rings. The van der Waals surface area contributed by atoms with E-state index in [0.29, 0.717) is 0 Å². The first-order valence-corrected chi connectivity index (χ1v) is 4.38. The Kier molecular flexibility index (Phi) is 26.7. The Balaban J connectivity index is -0.0000000267. The van der Waals surface area contributed by atoms with E-state index >= 15 is 0 Å². The van der Waals surface area contributed by atoms with E-state index in [1.165, 1.54) is 0 Å². The fraction of sp³-hybridized carbons (Fsp3) is 0. The largest absolute Gasteiger partial charge is 0.822 e. The van der Waals surface area contributed by atoms with Gasteiger partial charge >= 0.3 is 0 Å². The van der Waals surface area contributed by atoms with Gasteiger partial charge in [-0.1, -0.05) is 0 Å². The van der Waals surface area contributed by atoms with Crippen molar-refractivity contribution < 1.29 is 89.7 Å². The molecule has 0 fully saturated rings. The molecule has 0 heterocycles. The number of hydrogen-bond acceptors (Lipinski definition) is 8. The molecule has 0 spiro atoms. The smallest absolute Gasteiger partial charge is 0 e. The fourth-order valence-corrected chi connectivity index (χ4v) is 0. The molecule has 0 atom stereocenters. The van der Waals surface area contributed by atoms with Gasteiger partial charge in [-0.2, -0.15) is 15.6 Å². The van der Waals surface area contributed by atoms with E-state index in [2.05, 4.69) is 0 Å². The fourth-order valence-electron chi connectivity index (χ4n) is 0. The molecule has 0 aliphatic heterocycles. The molecule has 0 amide bonds. The summed E-state index contributed by atoms with van der Waals surface area (Å²) < 4.78 is 17.1. The van der Waals surface area contributed by atoms with Gasteiger partial charge in [0.15, 0.2) is 0 Å². The maximum absolute atomic E-state index is 8.55. The van der Waals surface area contributed by atoms with Gasteiger partial charge in [0.1, 0.15) is 0 Å². The first-order chi connectivity index (χ1) is 4.00. The summed E-state index contributed by atoms with van der Waals surface area (Å²) in [4.78, 5) is 51.3. The van der Waals surface area contributed by atoms with E-state index in [9.17, 15) is 0 Å². The molecule has 13 heavy (non-hydrogen) atoms. The zero-order valence-electron chi connectivity index (χ0n) is 5.06. The van der Waals surface area contributed by atoms with E-state index in [1.54, 1.807) is 0 Å². The van der Waals surface area contributed by atoms with Crippen LogP contribution in [0.4, 0.5) is 0 Å². The Bertz CT molecular complexity index is 130. The van der Waals surface area contributed by atoms with Gasteiger partial charge in [-0.3, -0.25) is 0 Å². The predicted molar refractivity (Wildman–Crippen MR) is 15.2 cm³/mol. The molecule has 13 heteroatoms. The van der Waals surface area contributed by atoms with Crippen LogP contribution in [0.1, 0.15) is 0 Å². The number of rotatable bonds is 0. The van der Waals surface area contributed by atoms with Crippen molar-refractivity contribution in [2.75, 3.05) is 0 Å². The molecule has 0 bridgehead atoms. The first kappa shape index (κ1) is 29.3. The molecule has 8 nitrogen and oxygen atoms in total. The van der Waals surface area contributed by atoms with Crippen LogP contribution in [0.5, 0.6) is 0 Å². The number of hydrogen-bond donors (Lipinski definition) is 0. The van der Waals surface area contributed by atoms with Crippen LogP contribution in [0.2, 0.25) is 0 Å². The maximum atomic E-state index is 8.55. The summed E-state index contributed by atoms with van der Waals surface area (Å²) in [7, 11) is -10.8. The van der Waals surface area contributed by atoms with Crippen molar-refractivity contribution in [2.45, 2.75) is 0 Å². The van der Waals surface area contributed by atoms with Crippen molar-refractivity contribution in [3.8, 4) is 0 Å². The van der Waals surface area contributed by atoms with E-state index in [0.717, 1.165) is 0 Å². The van der Waals surface area contributed by atoms with Gasteiger partial charge in [0.05, 0.1) is 0 Å². The van der Waals surface area contributed by atoms with Gasteiger partial charge in [0, 0.05) is 51.2 Å². The first-order valence-electron chi connectivity index (χ1n) is 1.46. The molecule has 0 saturated heterocycles. The molecule has 0 aromatic rings. The van der Waals surface area contributed by atoms with Gasteiger partial charge in [0.2, 0.25) is 0 Å². The van der Waals surface area contributed by atoms with Crippen LogP contribution in [0.15, 0.2) is 0 Å². The van der Waals surface area contributed by atoms with Crippen LogP contribution in [0.3, 0.4) is 0 Å². The molecular weight excluding hydrogens is 381 g/mol. The van der Waals surface area contributed by atoms with Gasteiger partial charge in [-0.25, -0.2) is 0 Å². The summed E-state index contributed by atoms with van der Waals surface area (Å²) >= 11 is 0. The van der Waals surface area contributed by atoms with Crippen molar-refractivity contribution >= 4 is 15.6 Å². The third kappa shape index (κ3) is 604. The van der Waals surface area contributed by atoms with Gasteiger partial charge in [0.25, 0.3) is 0 Å². The zero-order valence-corrected chi connectivity index (χ0v) is 9.68. The van der Waals surface area contributed by atoms with Crippen molar-refractivity contribution in [1.82, 2.24) is 0 Å². The Morgan fingerprint density at radius 3 is 0.538 bits per heavy atom. The number of phosphoric acid groups is 2. The molecule has 0 rings (SSSR count). The summed E-state index contributed by atoms with van der Waals surface area (Å²) in [5.74, 6) is 0. The quantitative estimate of drug-likeness (QED) is 0.295. The molecule has 0 aromatic carbocycles. The van der Waals surface area contributed by atoms with Gasteiger partial charge in [-0.05, 0) is 0 Å².